The van der Waals surface area contributed by atoms with E-state index >= 15 is 0 Å². The minimum Gasteiger partial charge on any atom is -0.491 e. The van der Waals surface area contributed by atoms with Crippen molar-refractivity contribution in [3.05, 3.63) is 29.8 Å². The summed E-state index contributed by atoms with van der Waals surface area (Å²) < 4.78 is 10.6. The third-order valence-corrected chi connectivity index (χ3v) is 3.10. The highest BCUT2D eigenvalue weighted by Gasteiger charge is 2.17. The molecule has 0 amide bonds. The van der Waals surface area contributed by atoms with Gasteiger partial charge in [0.1, 0.15) is 11.1 Å². The van der Waals surface area contributed by atoms with Crippen molar-refractivity contribution < 1.29 is 14.3 Å². The van der Waals surface area contributed by atoms with E-state index in [-0.39, 0.29) is 12.1 Å². The SMILES string of the molecule is CCOC(=O)C(Cl)Cc1cccc(OC(C)CC)c1. The van der Waals surface area contributed by atoms with E-state index in [0.717, 1.165) is 17.7 Å². The molecule has 3 nitrogen and oxygen atoms in total. The van der Waals surface area contributed by atoms with E-state index in [1.807, 2.05) is 31.2 Å². The number of rotatable bonds is 7. The van der Waals surface area contributed by atoms with Crippen molar-refractivity contribution in [3.8, 4) is 5.75 Å². The zero-order chi connectivity index (χ0) is 14.3. The molecule has 0 aliphatic heterocycles. The van der Waals surface area contributed by atoms with Gasteiger partial charge in [-0.05, 0) is 44.4 Å². The predicted octanol–water partition coefficient (Wildman–Crippen LogP) is 3.58. The second kappa shape index (κ2) is 8.05. The standard InChI is InChI=1S/C15H21ClO3/c1-4-11(3)19-13-8-6-7-12(9-13)10-14(16)15(17)18-5-2/h6-9,11,14H,4-5,10H2,1-3H3. The molecule has 1 aromatic carbocycles. The van der Waals surface area contributed by atoms with E-state index in [1.54, 1.807) is 6.92 Å². The van der Waals surface area contributed by atoms with Gasteiger partial charge in [-0.25, -0.2) is 0 Å². The minimum absolute atomic E-state index is 0.173. The third-order valence-electron chi connectivity index (χ3n) is 2.77. The minimum atomic E-state index is -0.654. The molecule has 0 saturated heterocycles. The predicted molar refractivity (Wildman–Crippen MR) is 76.8 cm³/mol. The highest BCUT2D eigenvalue weighted by atomic mass is 35.5. The fourth-order valence-electron chi connectivity index (χ4n) is 1.58. The van der Waals surface area contributed by atoms with Crippen LogP contribution < -0.4 is 4.74 Å². The van der Waals surface area contributed by atoms with Gasteiger partial charge in [-0.3, -0.25) is 4.79 Å². The van der Waals surface area contributed by atoms with Gasteiger partial charge in [0.2, 0.25) is 0 Å². The van der Waals surface area contributed by atoms with Crippen molar-refractivity contribution in [2.24, 2.45) is 0 Å². The van der Waals surface area contributed by atoms with Gasteiger partial charge in [-0.2, -0.15) is 0 Å². The maximum absolute atomic E-state index is 11.5. The monoisotopic (exact) mass is 284 g/mol. The summed E-state index contributed by atoms with van der Waals surface area (Å²) in [5.74, 6) is 0.428. The number of ether oxygens (including phenoxy) is 2. The van der Waals surface area contributed by atoms with Crippen LogP contribution in [0, 0.1) is 0 Å². The van der Waals surface area contributed by atoms with Crippen LogP contribution in [-0.2, 0) is 16.0 Å². The van der Waals surface area contributed by atoms with E-state index < -0.39 is 5.38 Å². The number of benzene rings is 1. The smallest absolute Gasteiger partial charge is 0.324 e. The first kappa shape index (κ1) is 15.8. The largest absolute Gasteiger partial charge is 0.491 e. The molecule has 0 aliphatic carbocycles. The van der Waals surface area contributed by atoms with Gasteiger partial charge >= 0.3 is 5.97 Å². The van der Waals surface area contributed by atoms with E-state index in [1.165, 1.54) is 0 Å². The zero-order valence-corrected chi connectivity index (χ0v) is 12.4. The average Bonchev–Trinajstić information content (AvgIpc) is 2.39. The Morgan fingerprint density at radius 1 is 1.37 bits per heavy atom. The molecule has 0 heterocycles. The second-order valence-corrected chi connectivity index (χ2v) is 4.93. The van der Waals surface area contributed by atoms with Gasteiger partial charge in [0.15, 0.2) is 0 Å². The molecule has 4 heteroatoms. The summed E-state index contributed by atoms with van der Waals surface area (Å²) >= 11 is 6.01. The summed E-state index contributed by atoms with van der Waals surface area (Å²) in [5, 5.41) is -0.654. The molecule has 1 rings (SSSR count). The van der Waals surface area contributed by atoms with Gasteiger partial charge < -0.3 is 9.47 Å². The lowest BCUT2D eigenvalue weighted by Crippen LogP contribution is -2.20. The zero-order valence-electron chi connectivity index (χ0n) is 11.7. The van der Waals surface area contributed by atoms with Crippen LogP contribution in [0.2, 0.25) is 0 Å². The maximum Gasteiger partial charge on any atom is 0.324 e. The summed E-state index contributed by atoms with van der Waals surface area (Å²) in [6.07, 6.45) is 1.57. The molecular formula is C15H21ClO3. The molecular weight excluding hydrogens is 264 g/mol. The van der Waals surface area contributed by atoms with E-state index in [0.29, 0.717) is 13.0 Å². The Morgan fingerprint density at radius 3 is 2.74 bits per heavy atom. The van der Waals surface area contributed by atoms with Gasteiger partial charge in [-0.1, -0.05) is 19.1 Å². The van der Waals surface area contributed by atoms with Crippen molar-refractivity contribution in [3.63, 3.8) is 0 Å². The molecule has 2 unspecified atom stereocenters. The van der Waals surface area contributed by atoms with Crippen LogP contribution >= 0.6 is 11.6 Å². The Morgan fingerprint density at radius 2 is 2.11 bits per heavy atom. The number of carbonyl (C=O) groups is 1. The van der Waals surface area contributed by atoms with Gasteiger partial charge in [0.25, 0.3) is 0 Å². The summed E-state index contributed by atoms with van der Waals surface area (Å²) in [6.45, 7) is 6.21. The summed E-state index contributed by atoms with van der Waals surface area (Å²) in [4.78, 5) is 11.5. The van der Waals surface area contributed by atoms with Crippen molar-refractivity contribution in [1.82, 2.24) is 0 Å². The molecule has 1 aromatic rings. The van der Waals surface area contributed by atoms with Crippen LogP contribution in [0.5, 0.6) is 5.75 Å². The first-order valence-corrected chi connectivity index (χ1v) is 7.06. The quantitative estimate of drug-likeness (QED) is 0.567. The highest BCUT2D eigenvalue weighted by Crippen LogP contribution is 2.18. The molecule has 0 fully saturated rings. The molecule has 0 radical (unpaired) electrons. The Balaban J connectivity index is 2.63. The first-order chi connectivity index (χ1) is 9.06. The average molecular weight is 285 g/mol. The lowest BCUT2D eigenvalue weighted by molar-refractivity contribution is -0.142. The molecule has 0 saturated carbocycles. The fourth-order valence-corrected chi connectivity index (χ4v) is 1.83. The van der Waals surface area contributed by atoms with Crippen LogP contribution in [-0.4, -0.2) is 24.1 Å². The summed E-state index contributed by atoms with van der Waals surface area (Å²) in [5.41, 5.74) is 0.967. The number of alkyl halides is 1. The normalized spacial score (nSPS) is 13.7. The van der Waals surface area contributed by atoms with E-state index in [4.69, 9.17) is 21.1 Å². The topological polar surface area (TPSA) is 35.5 Å². The second-order valence-electron chi connectivity index (χ2n) is 4.41. The van der Waals surface area contributed by atoms with Crippen molar-refractivity contribution in [1.29, 1.82) is 0 Å². The Labute approximate surface area is 119 Å². The molecule has 2 atom stereocenters. The molecule has 106 valence electrons. The van der Waals surface area contributed by atoms with Crippen LogP contribution in [0.1, 0.15) is 32.8 Å². The number of hydrogen-bond donors (Lipinski definition) is 0. The number of esters is 1. The first-order valence-electron chi connectivity index (χ1n) is 6.63. The Hall–Kier alpha value is -1.22. The van der Waals surface area contributed by atoms with E-state index in [2.05, 4.69) is 6.92 Å². The number of carbonyl (C=O) groups excluding carboxylic acids is 1. The lowest BCUT2D eigenvalue weighted by atomic mass is 10.1. The molecule has 0 N–H and O–H groups in total. The van der Waals surface area contributed by atoms with Crippen molar-refractivity contribution in [2.45, 2.75) is 45.1 Å². The van der Waals surface area contributed by atoms with Crippen molar-refractivity contribution >= 4 is 17.6 Å². The lowest BCUT2D eigenvalue weighted by Gasteiger charge is -2.14. The number of hydrogen-bond acceptors (Lipinski definition) is 3. The maximum atomic E-state index is 11.5. The van der Waals surface area contributed by atoms with Gasteiger partial charge in [0, 0.05) is 0 Å². The molecule has 19 heavy (non-hydrogen) atoms. The summed E-state index contributed by atoms with van der Waals surface area (Å²) in [6, 6.07) is 7.66. The molecule has 0 aromatic heterocycles. The van der Waals surface area contributed by atoms with Crippen LogP contribution in [0.25, 0.3) is 0 Å². The highest BCUT2D eigenvalue weighted by molar-refractivity contribution is 6.30. The third kappa shape index (κ3) is 5.52. The van der Waals surface area contributed by atoms with E-state index in [9.17, 15) is 4.79 Å². The fraction of sp³-hybridized carbons (Fsp3) is 0.533. The van der Waals surface area contributed by atoms with Crippen LogP contribution in [0.3, 0.4) is 0 Å². The van der Waals surface area contributed by atoms with Crippen LogP contribution in [0.15, 0.2) is 24.3 Å². The van der Waals surface area contributed by atoms with Crippen LogP contribution in [0.4, 0.5) is 0 Å². The summed E-state index contributed by atoms with van der Waals surface area (Å²) in [7, 11) is 0. The molecule has 0 aliphatic rings. The Kier molecular flexibility index (Phi) is 6.71. The molecule has 0 bridgehead atoms. The Bertz CT molecular complexity index is 406. The molecule has 0 spiro atoms. The van der Waals surface area contributed by atoms with Gasteiger partial charge in [-0.15, -0.1) is 11.6 Å². The van der Waals surface area contributed by atoms with Gasteiger partial charge in [0.05, 0.1) is 12.7 Å². The van der Waals surface area contributed by atoms with Crippen molar-refractivity contribution in [2.75, 3.05) is 6.61 Å². The number of halogens is 1.